The molecular weight excluding hydrogens is 212 g/mol. The number of carboxylic acids is 1. The summed E-state index contributed by atoms with van der Waals surface area (Å²) in [5.74, 6) is -0.707. The molecule has 0 aliphatic heterocycles. The van der Waals surface area contributed by atoms with Crippen molar-refractivity contribution in [1.29, 1.82) is 0 Å². The van der Waals surface area contributed by atoms with Gasteiger partial charge in [-0.3, -0.25) is 4.79 Å². The van der Waals surface area contributed by atoms with Crippen LogP contribution in [-0.4, -0.2) is 47.8 Å². The standard InChI is InChI=1S/C10H18N2O4/c13-8(10(15)16)3-4-12-9(14)6-11-5-7-1-2-7/h7-8,11,13H,1-6H2,(H,12,14)(H,15,16)/t8-/m0/s1. The predicted octanol–water partition coefficient (Wildman–Crippen LogP) is -1.06. The van der Waals surface area contributed by atoms with Gasteiger partial charge in [-0.05, 0) is 25.3 Å². The van der Waals surface area contributed by atoms with Crippen LogP contribution in [0.25, 0.3) is 0 Å². The van der Waals surface area contributed by atoms with E-state index in [2.05, 4.69) is 10.6 Å². The van der Waals surface area contributed by atoms with E-state index in [9.17, 15) is 9.59 Å². The Balaban J connectivity index is 1.94. The van der Waals surface area contributed by atoms with Crippen molar-refractivity contribution in [3.63, 3.8) is 0 Å². The van der Waals surface area contributed by atoms with Crippen LogP contribution in [0, 0.1) is 5.92 Å². The van der Waals surface area contributed by atoms with Crippen molar-refractivity contribution in [1.82, 2.24) is 10.6 Å². The van der Waals surface area contributed by atoms with Crippen LogP contribution in [0.2, 0.25) is 0 Å². The van der Waals surface area contributed by atoms with Gasteiger partial charge >= 0.3 is 5.97 Å². The minimum Gasteiger partial charge on any atom is -0.479 e. The van der Waals surface area contributed by atoms with Gasteiger partial charge in [0, 0.05) is 13.0 Å². The summed E-state index contributed by atoms with van der Waals surface area (Å²) in [5, 5.41) is 22.9. The van der Waals surface area contributed by atoms with Gasteiger partial charge in [0.15, 0.2) is 6.10 Å². The van der Waals surface area contributed by atoms with Crippen LogP contribution in [0.4, 0.5) is 0 Å². The van der Waals surface area contributed by atoms with Gasteiger partial charge in [0.2, 0.25) is 5.91 Å². The Labute approximate surface area is 94.0 Å². The SMILES string of the molecule is O=C(CNCC1CC1)NCC[C@H](O)C(=O)O. The molecular formula is C10H18N2O4. The summed E-state index contributed by atoms with van der Waals surface area (Å²) in [5.41, 5.74) is 0. The number of carbonyl (C=O) groups excluding carboxylic acids is 1. The lowest BCUT2D eigenvalue weighted by atomic mass is 10.2. The molecule has 1 saturated carbocycles. The molecule has 0 aromatic carbocycles. The van der Waals surface area contributed by atoms with Crippen LogP contribution in [0.3, 0.4) is 0 Å². The Morgan fingerprint density at radius 1 is 1.38 bits per heavy atom. The Kier molecular flexibility index (Phi) is 5.21. The van der Waals surface area contributed by atoms with E-state index in [4.69, 9.17) is 10.2 Å². The Bertz CT molecular complexity index is 253. The van der Waals surface area contributed by atoms with Gasteiger partial charge in [0.05, 0.1) is 6.54 Å². The molecule has 1 amide bonds. The number of aliphatic carboxylic acids is 1. The molecule has 6 nitrogen and oxygen atoms in total. The van der Waals surface area contributed by atoms with Gasteiger partial charge < -0.3 is 20.8 Å². The maximum Gasteiger partial charge on any atom is 0.332 e. The highest BCUT2D eigenvalue weighted by Gasteiger charge is 2.20. The van der Waals surface area contributed by atoms with E-state index < -0.39 is 12.1 Å². The highest BCUT2D eigenvalue weighted by atomic mass is 16.4. The van der Waals surface area contributed by atoms with E-state index in [1.165, 1.54) is 12.8 Å². The number of amides is 1. The number of aliphatic hydroxyl groups is 1. The first-order chi connectivity index (χ1) is 7.59. The molecule has 16 heavy (non-hydrogen) atoms. The molecule has 1 atom stereocenters. The van der Waals surface area contributed by atoms with E-state index in [0.717, 1.165) is 12.5 Å². The molecule has 1 fully saturated rings. The second-order valence-electron chi connectivity index (χ2n) is 4.07. The summed E-state index contributed by atoms with van der Waals surface area (Å²) in [6.45, 7) is 1.29. The molecule has 1 aliphatic carbocycles. The van der Waals surface area contributed by atoms with Crippen molar-refractivity contribution in [2.24, 2.45) is 5.92 Å². The molecule has 0 bridgehead atoms. The monoisotopic (exact) mass is 230 g/mol. The van der Waals surface area contributed by atoms with Gasteiger partial charge in [-0.1, -0.05) is 0 Å². The smallest absolute Gasteiger partial charge is 0.332 e. The number of nitrogens with one attached hydrogen (secondary N) is 2. The van der Waals surface area contributed by atoms with Crippen LogP contribution in [0.5, 0.6) is 0 Å². The zero-order valence-electron chi connectivity index (χ0n) is 9.11. The second-order valence-corrected chi connectivity index (χ2v) is 4.07. The van der Waals surface area contributed by atoms with Crippen LogP contribution in [-0.2, 0) is 9.59 Å². The summed E-state index contributed by atoms with van der Waals surface area (Å²) in [6.07, 6.45) is 1.10. The van der Waals surface area contributed by atoms with E-state index in [1.54, 1.807) is 0 Å². The molecule has 0 aromatic rings. The largest absolute Gasteiger partial charge is 0.479 e. The first-order valence-corrected chi connectivity index (χ1v) is 5.48. The van der Waals surface area contributed by atoms with E-state index in [0.29, 0.717) is 0 Å². The predicted molar refractivity (Wildman–Crippen MR) is 56.9 cm³/mol. The zero-order valence-corrected chi connectivity index (χ0v) is 9.11. The molecule has 6 heteroatoms. The minimum absolute atomic E-state index is 0.0314. The van der Waals surface area contributed by atoms with Gasteiger partial charge in [0.25, 0.3) is 0 Å². The van der Waals surface area contributed by atoms with Crippen molar-refractivity contribution < 1.29 is 19.8 Å². The molecule has 92 valence electrons. The van der Waals surface area contributed by atoms with E-state index in [1.807, 2.05) is 0 Å². The van der Waals surface area contributed by atoms with Crippen LogP contribution >= 0.6 is 0 Å². The minimum atomic E-state index is -1.40. The molecule has 0 unspecified atom stereocenters. The Hall–Kier alpha value is -1.14. The molecule has 0 spiro atoms. The Morgan fingerprint density at radius 3 is 2.62 bits per heavy atom. The quantitative estimate of drug-likeness (QED) is 0.426. The van der Waals surface area contributed by atoms with Gasteiger partial charge in [-0.25, -0.2) is 4.79 Å². The summed E-state index contributed by atoms with van der Waals surface area (Å²) in [4.78, 5) is 21.4. The fraction of sp³-hybridized carbons (Fsp3) is 0.800. The zero-order chi connectivity index (χ0) is 12.0. The summed E-state index contributed by atoms with van der Waals surface area (Å²) >= 11 is 0. The third kappa shape index (κ3) is 5.67. The number of hydrogen-bond acceptors (Lipinski definition) is 4. The van der Waals surface area contributed by atoms with Gasteiger partial charge in [-0.15, -0.1) is 0 Å². The fourth-order valence-electron chi connectivity index (χ4n) is 1.25. The molecule has 0 radical (unpaired) electrons. The Morgan fingerprint density at radius 2 is 2.06 bits per heavy atom. The fourth-order valence-corrected chi connectivity index (χ4v) is 1.25. The van der Waals surface area contributed by atoms with Gasteiger partial charge in [0.1, 0.15) is 0 Å². The van der Waals surface area contributed by atoms with E-state index in [-0.39, 0.29) is 25.4 Å². The molecule has 1 rings (SSSR count). The van der Waals surface area contributed by atoms with Gasteiger partial charge in [-0.2, -0.15) is 0 Å². The molecule has 0 heterocycles. The number of aliphatic hydroxyl groups excluding tert-OH is 1. The summed E-state index contributed by atoms with van der Waals surface area (Å²) in [7, 11) is 0. The van der Waals surface area contributed by atoms with Crippen LogP contribution in [0.15, 0.2) is 0 Å². The first kappa shape index (κ1) is 12.9. The van der Waals surface area contributed by atoms with Crippen molar-refractivity contribution in [2.45, 2.75) is 25.4 Å². The summed E-state index contributed by atoms with van der Waals surface area (Å²) in [6, 6.07) is 0. The number of carboxylic acid groups (broad SMARTS) is 1. The highest BCUT2D eigenvalue weighted by Crippen LogP contribution is 2.27. The lowest BCUT2D eigenvalue weighted by molar-refractivity contribution is -0.147. The van der Waals surface area contributed by atoms with Crippen LogP contribution in [0.1, 0.15) is 19.3 Å². The van der Waals surface area contributed by atoms with Crippen molar-refractivity contribution in [2.75, 3.05) is 19.6 Å². The van der Waals surface area contributed by atoms with Crippen molar-refractivity contribution >= 4 is 11.9 Å². The number of hydrogen-bond donors (Lipinski definition) is 4. The average Bonchev–Trinajstić information content (AvgIpc) is 3.01. The average molecular weight is 230 g/mol. The normalized spacial score (nSPS) is 16.8. The molecule has 4 N–H and O–H groups in total. The lowest BCUT2D eigenvalue weighted by Gasteiger charge is -2.07. The summed E-state index contributed by atoms with van der Waals surface area (Å²) < 4.78 is 0. The second kappa shape index (κ2) is 6.44. The molecule has 1 aliphatic rings. The topological polar surface area (TPSA) is 98.7 Å². The van der Waals surface area contributed by atoms with E-state index >= 15 is 0 Å². The molecule has 0 saturated heterocycles. The maximum atomic E-state index is 11.2. The van der Waals surface area contributed by atoms with Crippen molar-refractivity contribution in [3.8, 4) is 0 Å². The molecule has 0 aromatic heterocycles. The van der Waals surface area contributed by atoms with Crippen LogP contribution < -0.4 is 10.6 Å². The third-order valence-corrected chi connectivity index (χ3v) is 2.44. The maximum absolute atomic E-state index is 11.2. The lowest BCUT2D eigenvalue weighted by Crippen LogP contribution is -2.36. The first-order valence-electron chi connectivity index (χ1n) is 5.48. The number of carbonyl (C=O) groups is 2. The third-order valence-electron chi connectivity index (χ3n) is 2.44. The number of rotatable bonds is 8. The van der Waals surface area contributed by atoms with Crippen molar-refractivity contribution in [3.05, 3.63) is 0 Å². The highest BCUT2D eigenvalue weighted by molar-refractivity contribution is 5.78.